The van der Waals surface area contributed by atoms with Crippen molar-refractivity contribution in [2.75, 3.05) is 13.2 Å². The van der Waals surface area contributed by atoms with Crippen molar-refractivity contribution in [2.45, 2.75) is 362 Å². The van der Waals surface area contributed by atoms with E-state index in [1.165, 1.54) is 244 Å². The predicted octanol–water partition coefficient (Wildman–Crippen LogP) is 20.8. The van der Waals surface area contributed by atoms with E-state index in [1.807, 2.05) is 0 Å². The summed E-state index contributed by atoms with van der Waals surface area (Å²) in [6.07, 6.45) is 61.0. The maximum atomic E-state index is 12.9. The highest BCUT2D eigenvalue weighted by Crippen LogP contribution is 2.19. The third kappa shape index (κ3) is 57.2. The number of carbonyl (C=O) groups excluding carboxylic acids is 3. The van der Waals surface area contributed by atoms with Crippen LogP contribution in [0.15, 0.2) is 0 Å². The van der Waals surface area contributed by atoms with Gasteiger partial charge in [-0.1, -0.05) is 317 Å². The van der Waals surface area contributed by atoms with Gasteiger partial charge in [0.2, 0.25) is 0 Å². The highest BCUT2D eigenvalue weighted by Gasteiger charge is 2.19. The number of hydrogen-bond donors (Lipinski definition) is 0. The van der Waals surface area contributed by atoms with Gasteiger partial charge in [-0.3, -0.25) is 14.4 Å². The topological polar surface area (TPSA) is 78.9 Å². The molecule has 0 saturated carbocycles. The lowest BCUT2D eigenvalue weighted by molar-refractivity contribution is -0.167. The quantitative estimate of drug-likeness (QED) is 0.0343. The Morgan fingerprint density at radius 2 is 0.478 bits per heavy atom. The first kappa shape index (κ1) is 67.4. The zero-order chi connectivity index (χ0) is 50.4. The van der Waals surface area contributed by atoms with Gasteiger partial charge < -0.3 is 14.2 Å². The first-order valence-corrected chi connectivity index (χ1v) is 31.2. The van der Waals surface area contributed by atoms with Gasteiger partial charge in [0.25, 0.3) is 0 Å². The molecule has 0 heterocycles. The van der Waals surface area contributed by atoms with Crippen molar-refractivity contribution in [3.05, 3.63) is 0 Å². The molecule has 0 bridgehead atoms. The third-order valence-electron chi connectivity index (χ3n) is 14.5. The normalized spacial score (nSPS) is 12.0. The average molecular weight is 976 g/mol. The molecular weight excluding hydrogens is 853 g/mol. The maximum Gasteiger partial charge on any atom is 0.306 e. The van der Waals surface area contributed by atoms with Gasteiger partial charge in [-0.2, -0.15) is 0 Å². The van der Waals surface area contributed by atoms with Crippen LogP contribution in [0.4, 0.5) is 0 Å². The Labute approximate surface area is 431 Å². The number of rotatable bonds is 57. The van der Waals surface area contributed by atoms with Crippen molar-refractivity contribution in [2.24, 2.45) is 11.8 Å². The largest absolute Gasteiger partial charge is 0.462 e. The van der Waals surface area contributed by atoms with Gasteiger partial charge >= 0.3 is 17.9 Å². The second-order valence-corrected chi connectivity index (χ2v) is 22.6. The molecule has 0 radical (unpaired) electrons. The Morgan fingerprint density at radius 1 is 0.275 bits per heavy atom. The fourth-order valence-corrected chi connectivity index (χ4v) is 9.76. The Hall–Kier alpha value is -1.59. The van der Waals surface area contributed by atoms with Gasteiger partial charge in [0.05, 0.1) is 0 Å². The number of carbonyl (C=O) groups is 3. The zero-order valence-electron chi connectivity index (χ0n) is 47.5. The van der Waals surface area contributed by atoms with Gasteiger partial charge in [-0.25, -0.2) is 0 Å². The highest BCUT2D eigenvalue weighted by molar-refractivity contribution is 5.71. The van der Waals surface area contributed by atoms with E-state index in [1.54, 1.807) is 0 Å². The molecule has 0 saturated heterocycles. The summed E-state index contributed by atoms with van der Waals surface area (Å²) in [7, 11) is 0. The molecule has 0 aromatic carbocycles. The van der Waals surface area contributed by atoms with Gasteiger partial charge in [0, 0.05) is 19.3 Å². The Kier molecular flexibility index (Phi) is 54.4. The van der Waals surface area contributed by atoms with E-state index in [4.69, 9.17) is 14.2 Å². The van der Waals surface area contributed by atoms with Gasteiger partial charge in [-0.15, -0.1) is 0 Å². The molecule has 0 aliphatic carbocycles. The second-order valence-electron chi connectivity index (χ2n) is 22.6. The lowest BCUT2D eigenvalue weighted by Gasteiger charge is -2.18. The van der Waals surface area contributed by atoms with Crippen molar-refractivity contribution in [1.29, 1.82) is 0 Å². The summed E-state index contributed by atoms with van der Waals surface area (Å²) in [5.41, 5.74) is 0. The van der Waals surface area contributed by atoms with E-state index in [2.05, 4.69) is 34.6 Å². The van der Waals surface area contributed by atoms with Crippen LogP contribution in [0.3, 0.4) is 0 Å². The van der Waals surface area contributed by atoms with Crippen LogP contribution in [0.2, 0.25) is 0 Å². The summed E-state index contributed by atoms with van der Waals surface area (Å²) in [6, 6.07) is 0. The fourth-order valence-electron chi connectivity index (χ4n) is 9.76. The molecule has 0 unspecified atom stereocenters. The molecule has 0 amide bonds. The molecule has 1 atom stereocenters. The molecule has 69 heavy (non-hydrogen) atoms. The molecule has 0 fully saturated rings. The van der Waals surface area contributed by atoms with Crippen LogP contribution >= 0.6 is 0 Å². The molecule has 0 rings (SSSR count). The average Bonchev–Trinajstić information content (AvgIpc) is 3.32. The van der Waals surface area contributed by atoms with Crippen LogP contribution < -0.4 is 0 Å². The van der Waals surface area contributed by atoms with Gasteiger partial charge in [0.1, 0.15) is 13.2 Å². The van der Waals surface area contributed by atoms with Crippen LogP contribution in [0.1, 0.15) is 356 Å². The molecule has 0 aliphatic heterocycles. The first-order chi connectivity index (χ1) is 33.7. The summed E-state index contributed by atoms with van der Waals surface area (Å²) < 4.78 is 16.9. The Bertz CT molecular complexity index is 1060. The number of ether oxygens (including phenoxy) is 3. The predicted molar refractivity (Wildman–Crippen MR) is 298 cm³/mol. The summed E-state index contributed by atoms with van der Waals surface area (Å²) in [4.78, 5) is 38.3. The van der Waals surface area contributed by atoms with Crippen LogP contribution in [0, 0.1) is 11.8 Å². The molecule has 0 aromatic heterocycles. The monoisotopic (exact) mass is 975 g/mol. The molecule has 0 aromatic rings. The summed E-state index contributed by atoms with van der Waals surface area (Å²) in [5, 5.41) is 0. The van der Waals surface area contributed by atoms with E-state index in [9.17, 15) is 14.4 Å². The van der Waals surface area contributed by atoms with Crippen molar-refractivity contribution in [1.82, 2.24) is 0 Å². The number of esters is 3. The SMILES string of the molecule is CCCCCCCCCCCCCCCCCCCCCC(=O)OC[C@@H](COC(=O)CCCCCCCCCCCCCCC(C)C)OC(=O)CCCCCCCCCCCCCCCCC(C)C. The lowest BCUT2D eigenvalue weighted by Crippen LogP contribution is -2.30. The van der Waals surface area contributed by atoms with Crippen LogP contribution in [-0.4, -0.2) is 37.2 Å². The molecule has 0 spiro atoms. The molecule has 6 nitrogen and oxygen atoms in total. The molecule has 6 heteroatoms. The first-order valence-electron chi connectivity index (χ1n) is 31.2. The van der Waals surface area contributed by atoms with Crippen molar-refractivity contribution >= 4 is 17.9 Å². The lowest BCUT2D eigenvalue weighted by atomic mass is 10.0. The van der Waals surface area contributed by atoms with Crippen LogP contribution in [-0.2, 0) is 28.6 Å². The molecule has 410 valence electrons. The summed E-state index contributed by atoms with van der Waals surface area (Å²) >= 11 is 0. The van der Waals surface area contributed by atoms with E-state index in [-0.39, 0.29) is 31.1 Å². The Balaban J connectivity index is 4.28. The smallest absolute Gasteiger partial charge is 0.306 e. The van der Waals surface area contributed by atoms with Crippen molar-refractivity contribution in [3.63, 3.8) is 0 Å². The highest BCUT2D eigenvalue weighted by atomic mass is 16.6. The summed E-state index contributed by atoms with van der Waals surface area (Å²) in [5.74, 6) is 0.843. The minimum absolute atomic E-state index is 0.0621. The van der Waals surface area contributed by atoms with E-state index < -0.39 is 6.10 Å². The van der Waals surface area contributed by atoms with E-state index in [0.29, 0.717) is 19.3 Å². The van der Waals surface area contributed by atoms with E-state index in [0.717, 1.165) is 69.6 Å². The van der Waals surface area contributed by atoms with Crippen molar-refractivity contribution in [3.8, 4) is 0 Å². The van der Waals surface area contributed by atoms with Crippen LogP contribution in [0.25, 0.3) is 0 Å². The fraction of sp³-hybridized carbons (Fsp3) is 0.952. The van der Waals surface area contributed by atoms with Crippen LogP contribution in [0.5, 0.6) is 0 Å². The number of hydrogen-bond acceptors (Lipinski definition) is 6. The number of unbranched alkanes of at least 4 members (excludes halogenated alkanes) is 42. The summed E-state index contributed by atoms with van der Waals surface area (Å²) in [6.45, 7) is 11.4. The molecular formula is C63H122O6. The molecule has 0 N–H and O–H groups in total. The van der Waals surface area contributed by atoms with E-state index >= 15 is 0 Å². The molecule has 0 aliphatic rings. The van der Waals surface area contributed by atoms with Crippen molar-refractivity contribution < 1.29 is 28.6 Å². The minimum atomic E-state index is -0.763. The third-order valence-corrected chi connectivity index (χ3v) is 14.5. The standard InChI is InChI=1S/C63H122O6/c1-6-7-8-9-10-11-12-13-14-15-16-17-18-22-28-33-38-43-48-53-61(64)67-56-60(57-68-62(65)54-49-44-39-34-29-25-24-27-32-37-42-47-52-59(4)5)69-63(66)55-50-45-40-35-30-23-20-19-21-26-31-36-41-46-51-58(2)3/h58-60H,6-57H2,1-5H3/t60-/m0/s1. The van der Waals surface area contributed by atoms with Gasteiger partial charge in [-0.05, 0) is 31.1 Å². The Morgan fingerprint density at radius 3 is 0.710 bits per heavy atom. The second kappa shape index (κ2) is 55.7. The zero-order valence-corrected chi connectivity index (χ0v) is 47.5. The van der Waals surface area contributed by atoms with Gasteiger partial charge in [0.15, 0.2) is 6.10 Å². The minimum Gasteiger partial charge on any atom is -0.462 e. The maximum absolute atomic E-state index is 12.9.